The van der Waals surface area contributed by atoms with Crippen LogP contribution < -0.4 is 10.1 Å². The SMILES string of the molecule is COc1cc2sc(CNC(=O)O)nc2cc1S(=O)(=O)N1CCN(C)CC1. The number of hydrogen-bond acceptors (Lipinski definition) is 7. The van der Waals surface area contributed by atoms with Gasteiger partial charge in [0.2, 0.25) is 10.0 Å². The summed E-state index contributed by atoms with van der Waals surface area (Å²) in [5.41, 5.74) is 0.505. The van der Waals surface area contributed by atoms with Crippen LogP contribution >= 0.6 is 11.3 Å². The van der Waals surface area contributed by atoms with Gasteiger partial charge < -0.3 is 20.1 Å². The number of thiazole rings is 1. The fraction of sp³-hybridized carbons (Fsp3) is 0.467. The van der Waals surface area contributed by atoms with E-state index in [9.17, 15) is 13.2 Å². The van der Waals surface area contributed by atoms with E-state index in [1.807, 2.05) is 7.05 Å². The molecule has 3 rings (SSSR count). The number of nitrogens with one attached hydrogen (secondary N) is 1. The molecule has 1 aromatic heterocycles. The zero-order valence-corrected chi connectivity index (χ0v) is 16.1. The molecule has 0 aliphatic carbocycles. The maximum atomic E-state index is 13.1. The highest BCUT2D eigenvalue weighted by molar-refractivity contribution is 7.89. The Bertz CT molecular complexity index is 920. The summed E-state index contributed by atoms with van der Waals surface area (Å²) in [6, 6.07) is 3.14. The van der Waals surface area contributed by atoms with Crippen molar-refractivity contribution < 1.29 is 23.1 Å². The number of nitrogens with zero attached hydrogens (tertiary/aromatic N) is 3. The lowest BCUT2D eigenvalue weighted by Gasteiger charge is -2.31. The Labute approximate surface area is 155 Å². The highest BCUT2D eigenvalue weighted by Crippen LogP contribution is 2.34. The van der Waals surface area contributed by atoms with Crippen molar-refractivity contribution in [2.45, 2.75) is 11.4 Å². The van der Waals surface area contributed by atoms with Crippen LogP contribution in [0.5, 0.6) is 5.75 Å². The zero-order valence-electron chi connectivity index (χ0n) is 14.4. The molecule has 1 amide bonds. The molecule has 1 aliphatic rings. The van der Waals surface area contributed by atoms with Gasteiger partial charge in [-0.25, -0.2) is 18.2 Å². The van der Waals surface area contributed by atoms with Crippen molar-refractivity contribution in [2.24, 2.45) is 0 Å². The van der Waals surface area contributed by atoms with Crippen LogP contribution in [0, 0.1) is 0 Å². The molecule has 1 aromatic carbocycles. The number of amides is 1. The van der Waals surface area contributed by atoms with Gasteiger partial charge in [0.1, 0.15) is 15.7 Å². The monoisotopic (exact) mass is 400 g/mol. The molecule has 0 saturated carbocycles. The third-order valence-corrected chi connectivity index (χ3v) is 7.13. The van der Waals surface area contributed by atoms with Gasteiger partial charge in [-0.1, -0.05) is 0 Å². The number of ether oxygens (including phenoxy) is 1. The van der Waals surface area contributed by atoms with Crippen molar-refractivity contribution in [1.29, 1.82) is 0 Å². The summed E-state index contributed by atoms with van der Waals surface area (Å²) in [7, 11) is -0.314. The molecule has 2 aromatic rings. The lowest BCUT2D eigenvalue weighted by atomic mass is 10.3. The molecule has 9 nitrogen and oxygen atoms in total. The van der Waals surface area contributed by atoms with Gasteiger partial charge in [-0.15, -0.1) is 11.3 Å². The van der Waals surface area contributed by atoms with Gasteiger partial charge in [0.15, 0.2) is 0 Å². The minimum absolute atomic E-state index is 0.0670. The fourth-order valence-corrected chi connectivity index (χ4v) is 5.24. The second kappa shape index (κ2) is 7.35. The Morgan fingerprint density at radius 1 is 1.35 bits per heavy atom. The molecule has 0 bridgehead atoms. The molecular weight excluding hydrogens is 380 g/mol. The van der Waals surface area contributed by atoms with Gasteiger partial charge in [0.05, 0.1) is 23.9 Å². The van der Waals surface area contributed by atoms with Crippen LogP contribution in [-0.4, -0.2) is 74.1 Å². The number of sulfonamides is 1. The van der Waals surface area contributed by atoms with Gasteiger partial charge >= 0.3 is 6.09 Å². The van der Waals surface area contributed by atoms with Gasteiger partial charge in [0.25, 0.3) is 0 Å². The maximum absolute atomic E-state index is 13.1. The molecule has 2 N–H and O–H groups in total. The minimum Gasteiger partial charge on any atom is -0.495 e. The van der Waals surface area contributed by atoms with Crippen LogP contribution in [0.1, 0.15) is 5.01 Å². The number of benzene rings is 1. The van der Waals surface area contributed by atoms with Gasteiger partial charge in [-0.2, -0.15) is 4.31 Å². The van der Waals surface area contributed by atoms with Crippen molar-refractivity contribution in [3.63, 3.8) is 0 Å². The molecule has 0 atom stereocenters. The molecule has 1 saturated heterocycles. The zero-order chi connectivity index (χ0) is 18.9. The summed E-state index contributed by atoms with van der Waals surface area (Å²) in [6.45, 7) is 2.25. The third-order valence-electron chi connectivity index (χ3n) is 4.19. The number of fused-ring (bicyclic) bond motifs is 1. The summed E-state index contributed by atoms with van der Waals surface area (Å²) < 4.78 is 33.6. The molecule has 0 unspecified atom stereocenters. The van der Waals surface area contributed by atoms with E-state index in [1.54, 1.807) is 6.07 Å². The lowest BCUT2D eigenvalue weighted by Crippen LogP contribution is -2.47. The quantitative estimate of drug-likeness (QED) is 0.770. The highest BCUT2D eigenvalue weighted by atomic mass is 32.2. The minimum atomic E-state index is -3.70. The molecule has 0 spiro atoms. The van der Waals surface area contributed by atoms with E-state index in [2.05, 4.69) is 15.2 Å². The first-order valence-corrected chi connectivity index (χ1v) is 10.2. The molecule has 2 heterocycles. The van der Waals surface area contributed by atoms with Crippen molar-refractivity contribution in [3.05, 3.63) is 17.1 Å². The van der Waals surface area contributed by atoms with E-state index in [4.69, 9.17) is 9.84 Å². The Hall–Kier alpha value is -1.95. The van der Waals surface area contributed by atoms with E-state index < -0.39 is 16.1 Å². The molecule has 26 heavy (non-hydrogen) atoms. The number of carbonyl (C=O) groups is 1. The standard InChI is InChI=1S/C15H20N4O5S2/c1-18-3-5-19(6-4-18)26(22,23)13-7-10-12(8-11(13)24-2)25-14(17-10)9-16-15(20)21/h7-8,16H,3-6,9H2,1-2H3,(H,20,21). The smallest absolute Gasteiger partial charge is 0.405 e. The first-order valence-electron chi connectivity index (χ1n) is 7.94. The van der Waals surface area contributed by atoms with Crippen molar-refractivity contribution in [2.75, 3.05) is 40.3 Å². The van der Waals surface area contributed by atoms with Crippen LogP contribution in [0.15, 0.2) is 17.0 Å². The number of rotatable bonds is 5. The van der Waals surface area contributed by atoms with Crippen LogP contribution in [-0.2, 0) is 16.6 Å². The van der Waals surface area contributed by atoms with Crippen LogP contribution in [0.2, 0.25) is 0 Å². The fourth-order valence-electron chi connectivity index (χ4n) is 2.74. The highest BCUT2D eigenvalue weighted by Gasteiger charge is 2.30. The Morgan fingerprint density at radius 3 is 2.65 bits per heavy atom. The first-order chi connectivity index (χ1) is 12.3. The number of aromatic nitrogens is 1. The Balaban J connectivity index is 1.97. The second-order valence-electron chi connectivity index (χ2n) is 5.94. The van der Waals surface area contributed by atoms with Crippen LogP contribution in [0.4, 0.5) is 4.79 Å². The molecule has 0 radical (unpaired) electrons. The lowest BCUT2D eigenvalue weighted by molar-refractivity contribution is 0.194. The predicted molar refractivity (Wildman–Crippen MR) is 97.3 cm³/mol. The van der Waals surface area contributed by atoms with E-state index in [0.717, 1.165) is 4.70 Å². The Kier molecular flexibility index (Phi) is 5.32. The maximum Gasteiger partial charge on any atom is 0.405 e. The average molecular weight is 400 g/mol. The third kappa shape index (κ3) is 3.75. The number of carboxylic acid groups (broad SMARTS) is 1. The van der Waals surface area contributed by atoms with Gasteiger partial charge in [-0.3, -0.25) is 0 Å². The second-order valence-corrected chi connectivity index (χ2v) is 8.97. The normalized spacial score (nSPS) is 16.7. The molecular formula is C15H20N4O5S2. The number of likely N-dealkylation sites (N-methyl/N-ethyl adjacent to an activating group) is 1. The first kappa shape index (κ1) is 18.8. The largest absolute Gasteiger partial charge is 0.495 e. The number of methoxy groups -OCH3 is 1. The summed E-state index contributed by atoms with van der Waals surface area (Å²) in [4.78, 5) is 17.1. The molecule has 1 fully saturated rings. The molecule has 1 aliphatic heterocycles. The molecule has 11 heteroatoms. The summed E-state index contributed by atoms with van der Waals surface area (Å²) in [5, 5.41) is 11.5. The predicted octanol–water partition coefficient (Wildman–Crippen LogP) is 1.01. The number of piperazine rings is 1. The topological polar surface area (TPSA) is 112 Å². The van der Waals surface area contributed by atoms with Crippen LogP contribution in [0.25, 0.3) is 10.2 Å². The van der Waals surface area contributed by atoms with Gasteiger partial charge in [-0.05, 0) is 13.1 Å². The van der Waals surface area contributed by atoms with Gasteiger partial charge in [0, 0.05) is 32.2 Å². The Morgan fingerprint density at radius 2 is 2.04 bits per heavy atom. The van der Waals surface area contributed by atoms with Crippen molar-refractivity contribution in [3.8, 4) is 5.75 Å². The van der Waals surface area contributed by atoms with Crippen molar-refractivity contribution in [1.82, 2.24) is 19.5 Å². The summed E-state index contributed by atoms with van der Waals surface area (Å²) >= 11 is 1.29. The van der Waals surface area contributed by atoms with Crippen LogP contribution in [0.3, 0.4) is 0 Å². The summed E-state index contributed by atoms with van der Waals surface area (Å²) in [5.74, 6) is 0.262. The van der Waals surface area contributed by atoms with E-state index in [1.165, 1.54) is 28.8 Å². The number of hydrogen-bond donors (Lipinski definition) is 2. The molecule has 142 valence electrons. The average Bonchev–Trinajstić information content (AvgIpc) is 3.01. The summed E-state index contributed by atoms with van der Waals surface area (Å²) in [6.07, 6.45) is -1.14. The van der Waals surface area contributed by atoms with E-state index in [-0.39, 0.29) is 17.2 Å². The van der Waals surface area contributed by atoms with E-state index >= 15 is 0 Å². The van der Waals surface area contributed by atoms with E-state index in [0.29, 0.717) is 36.7 Å². The van der Waals surface area contributed by atoms with Crippen molar-refractivity contribution >= 4 is 37.7 Å².